The molecule has 1 aliphatic carbocycles. The summed E-state index contributed by atoms with van der Waals surface area (Å²) < 4.78 is 0. The van der Waals surface area contributed by atoms with Gasteiger partial charge in [-0.05, 0) is 5.56 Å². The van der Waals surface area contributed by atoms with Gasteiger partial charge in [-0.3, -0.25) is 9.59 Å². The Labute approximate surface area is 96.7 Å². The van der Waals surface area contributed by atoms with Gasteiger partial charge in [-0.1, -0.05) is 50.0 Å². The van der Waals surface area contributed by atoms with Crippen molar-refractivity contribution >= 4 is 19.6 Å². The first kappa shape index (κ1) is 11.3. The number of rotatable bonds is 2. The number of carbonyl (C=O) groups is 2. The van der Waals surface area contributed by atoms with Crippen molar-refractivity contribution in [2.45, 2.75) is 31.1 Å². The number of ketones is 2. The summed E-state index contributed by atoms with van der Waals surface area (Å²) >= 11 is 0. The molecule has 1 aromatic rings. The normalized spacial score (nSPS) is 25.4. The lowest BCUT2D eigenvalue weighted by molar-refractivity contribution is -0.144. The second-order valence-corrected chi connectivity index (χ2v) is 10.8. The maximum Gasteiger partial charge on any atom is 0.206 e. The van der Waals surface area contributed by atoms with E-state index in [-0.39, 0.29) is 23.0 Å². The van der Waals surface area contributed by atoms with Gasteiger partial charge in [0.1, 0.15) is 0 Å². The molecule has 1 saturated carbocycles. The molecule has 0 radical (unpaired) electrons. The van der Waals surface area contributed by atoms with Crippen LogP contribution < -0.4 is 0 Å². The van der Waals surface area contributed by atoms with Gasteiger partial charge in [0.2, 0.25) is 11.6 Å². The largest absolute Gasteiger partial charge is 0.291 e. The third-order valence-electron chi connectivity index (χ3n) is 3.23. The summed E-state index contributed by atoms with van der Waals surface area (Å²) in [4.78, 5) is 23.4. The van der Waals surface area contributed by atoms with E-state index in [4.69, 9.17) is 0 Å². The minimum absolute atomic E-state index is 0.0256. The molecule has 0 heterocycles. The van der Waals surface area contributed by atoms with Crippen molar-refractivity contribution in [3.05, 3.63) is 35.9 Å². The summed E-state index contributed by atoms with van der Waals surface area (Å²) in [7, 11) is -1.59. The molecular formula is C13H16O2Si. The minimum Gasteiger partial charge on any atom is -0.291 e. The average molecular weight is 232 g/mol. The number of benzene rings is 1. The van der Waals surface area contributed by atoms with Gasteiger partial charge in [0.05, 0.1) is 14.0 Å². The highest BCUT2D eigenvalue weighted by Gasteiger charge is 2.55. The molecule has 1 fully saturated rings. The molecule has 2 atom stereocenters. The monoisotopic (exact) mass is 232 g/mol. The molecule has 0 amide bonds. The summed E-state index contributed by atoms with van der Waals surface area (Å²) in [5.74, 6) is -0.507. The fourth-order valence-electron chi connectivity index (χ4n) is 2.41. The lowest BCUT2D eigenvalue weighted by Crippen LogP contribution is -2.52. The van der Waals surface area contributed by atoms with Crippen LogP contribution in [0.4, 0.5) is 0 Å². The van der Waals surface area contributed by atoms with Crippen LogP contribution in [0.3, 0.4) is 0 Å². The van der Waals surface area contributed by atoms with E-state index >= 15 is 0 Å². The molecule has 2 nitrogen and oxygen atoms in total. The van der Waals surface area contributed by atoms with Crippen LogP contribution in [0, 0.1) is 0 Å². The Hall–Kier alpha value is -1.22. The molecule has 0 aliphatic heterocycles. The van der Waals surface area contributed by atoms with Crippen molar-refractivity contribution in [1.82, 2.24) is 0 Å². The maximum atomic E-state index is 11.7. The molecule has 0 N–H and O–H groups in total. The standard InChI is InChI=1S/C13H16O2Si/c1-16(2,3)13-10(11(14)12(13)15)9-7-5-4-6-8-9/h4-8,10,13H,1-3H3. The highest BCUT2D eigenvalue weighted by molar-refractivity contribution is 6.86. The molecule has 0 saturated heterocycles. The van der Waals surface area contributed by atoms with Crippen molar-refractivity contribution in [1.29, 1.82) is 0 Å². The molecule has 2 rings (SSSR count). The van der Waals surface area contributed by atoms with Gasteiger partial charge >= 0.3 is 0 Å². The van der Waals surface area contributed by atoms with E-state index in [0.717, 1.165) is 5.56 Å². The summed E-state index contributed by atoms with van der Waals surface area (Å²) in [5, 5.41) is 0. The number of Topliss-reactive ketones (excluding diaryl/α,β-unsaturated/α-hetero) is 2. The third-order valence-corrected chi connectivity index (χ3v) is 5.69. The van der Waals surface area contributed by atoms with Crippen molar-refractivity contribution in [3.63, 3.8) is 0 Å². The van der Waals surface area contributed by atoms with Gasteiger partial charge in [-0.25, -0.2) is 0 Å². The second-order valence-electron chi connectivity index (χ2n) is 5.46. The van der Waals surface area contributed by atoms with Crippen LogP contribution in [0.1, 0.15) is 11.5 Å². The predicted molar refractivity (Wildman–Crippen MR) is 66.3 cm³/mol. The molecular weight excluding hydrogens is 216 g/mol. The van der Waals surface area contributed by atoms with E-state index in [1.165, 1.54) is 0 Å². The Morgan fingerprint density at radius 2 is 1.50 bits per heavy atom. The summed E-state index contributed by atoms with van der Waals surface area (Å²) in [6, 6.07) is 9.67. The first-order chi connectivity index (χ1) is 7.43. The van der Waals surface area contributed by atoms with E-state index in [1.807, 2.05) is 30.3 Å². The topological polar surface area (TPSA) is 34.1 Å². The van der Waals surface area contributed by atoms with Crippen LogP contribution in [0.25, 0.3) is 0 Å². The molecule has 1 aliphatic rings. The Balaban J connectivity index is 2.35. The van der Waals surface area contributed by atoms with Crippen molar-refractivity contribution in [3.8, 4) is 0 Å². The van der Waals surface area contributed by atoms with Gasteiger partial charge in [-0.2, -0.15) is 0 Å². The number of hydrogen-bond donors (Lipinski definition) is 0. The fourth-order valence-corrected chi connectivity index (χ4v) is 4.68. The first-order valence-electron chi connectivity index (χ1n) is 5.56. The molecule has 0 spiro atoms. The Kier molecular flexibility index (Phi) is 2.58. The fraction of sp³-hybridized carbons (Fsp3) is 0.385. The first-order valence-corrected chi connectivity index (χ1v) is 9.13. The number of carbonyl (C=O) groups excluding carboxylic acids is 2. The zero-order chi connectivity index (χ0) is 11.9. The van der Waals surface area contributed by atoms with Crippen LogP contribution in [0.5, 0.6) is 0 Å². The predicted octanol–water partition coefficient (Wildman–Crippen LogP) is 2.63. The van der Waals surface area contributed by atoms with Gasteiger partial charge < -0.3 is 0 Å². The van der Waals surface area contributed by atoms with Crippen molar-refractivity contribution < 1.29 is 9.59 Å². The molecule has 1 aromatic carbocycles. The van der Waals surface area contributed by atoms with E-state index in [1.54, 1.807) is 0 Å². The molecule has 16 heavy (non-hydrogen) atoms. The van der Waals surface area contributed by atoms with E-state index in [9.17, 15) is 9.59 Å². The zero-order valence-electron chi connectivity index (χ0n) is 9.86. The van der Waals surface area contributed by atoms with E-state index in [0.29, 0.717) is 0 Å². The summed E-state index contributed by atoms with van der Waals surface area (Å²) in [6.45, 7) is 6.45. The third kappa shape index (κ3) is 1.65. The van der Waals surface area contributed by atoms with Crippen LogP contribution >= 0.6 is 0 Å². The molecule has 3 heteroatoms. The van der Waals surface area contributed by atoms with E-state index in [2.05, 4.69) is 19.6 Å². The van der Waals surface area contributed by atoms with Crippen LogP contribution in [-0.4, -0.2) is 19.6 Å². The van der Waals surface area contributed by atoms with Crippen LogP contribution in [-0.2, 0) is 9.59 Å². The van der Waals surface area contributed by atoms with Crippen molar-refractivity contribution in [2.24, 2.45) is 0 Å². The van der Waals surface area contributed by atoms with Gasteiger partial charge in [0.15, 0.2) is 0 Å². The van der Waals surface area contributed by atoms with Gasteiger partial charge in [-0.15, -0.1) is 0 Å². The Bertz CT molecular complexity index is 431. The van der Waals surface area contributed by atoms with Crippen molar-refractivity contribution in [2.75, 3.05) is 0 Å². The highest BCUT2D eigenvalue weighted by atomic mass is 28.3. The van der Waals surface area contributed by atoms with Gasteiger partial charge in [0, 0.05) is 5.54 Å². The average Bonchev–Trinajstić information content (AvgIpc) is 2.23. The van der Waals surface area contributed by atoms with E-state index < -0.39 is 8.07 Å². The Morgan fingerprint density at radius 3 is 2.00 bits per heavy atom. The SMILES string of the molecule is C[Si](C)(C)C1C(=O)C(=O)C1c1ccccc1. The summed E-state index contributed by atoms with van der Waals surface area (Å²) in [5.41, 5.74) is 0.974. The molecule has 0 bridgehead atoms. The molecule has 2 unspecified atom stereocenters. The maximum absolute atomic E-state index is 11.7. The smallest absolute Gasteiger partial charge is 0.206 e. The van der Waals surface area contributed by atoms with Gasteiger partial charge in [0.25, 0.3) is 0 Å². The van der Waals surface area contributed by atoms with Crippen LogP contribution in [0.2, 0.25) is 25.2 Å². The highest BCUT2D eigenvalue weighted by Crippen LogP contribution is 2.46. The Morgan fingerprint density at radius 1 is 0.938 bits per heavy atom. The lowest BCUT2D eigenvalue weighted by Gasteiger charge is -2.41. The molecule has 84 valence electrons. The molecule has 0 aromatic heterocycles. The minimum atomic E-state index is -1.59. The quantitative estimate of drug-likeness (QED) is 0.580. The summed E-state index contributed by atoms with van der Waals surface area (Å²) in [6.07, 6.45) is 0. The zero-order valence-corrected chi connectivity index (χ0v) is 10.9. The number of hydrogen-bond acceptors (Lipinski definition) is 2. The second kappa shape index (κ2) is 3.66. The van der Waals surface area contributed by atoms with Crippen LogP contribution in [0.15, 0.2) is 30.3 Å². The lowest BCUT2D eigenvalue weighted by atomic mass is 9.76.